The zero-order valence-electron chi connectivity index (χ0n) is 11.5. The Kier molecular flexibility index (Phi) is 4.20. The molecule has 19 heavy (non-hydrogen) atoms. The molecule has 1 heterocycles. The number of hydrogen-bond acceptors (Lipinski definition) is 2. The van der Waals surface area contributed by atoms with Gasteiger partial charge >= 0.3 is 0 Å². The van der Waals surface area contributed by atoms with Gasteiger partial charge in [-0.05, 0) is 18.9 Å². The van der Waals surface area contributed by atoms with Crippen molar-refractivity contribution in [2.75, 3.05) is 13.6 Å². The third kappa shape index (κ3) is 3.56. The topological polar surface area (TPSA) is 49.4 Å². The van der Waals surface area contributed by atoms with Crippen LogP contribution in [-0.4, -0.2) is 30.3 Å². The quantitative estimate of drug-likeness (QED) is 0.895. The molecule has 0 saturated carbocycles. The Bertz CT molecular complexity index is 458. The lowest BCUT2D eigenvalue weighted by Crippen LogP contribution is -2.43. The summed E-state index contributed by atoms with van der Waals surface area (Å²) < 4.78 is 0. The molecule has 1 aromatic carbocycles. The van der Waals surface area contributed by atoms with E-state index in [0.717, 1.165) is 5.56 Å². The van der Waals surface area contributed by atoms with Crippen LogP contribution in [0.3, 0.4) is 0 Å². The summed E-state index contributed by atoms with van der Waals surface area (Å²) in [7, 11) is 1.82. The molecule has 0 spiro atoms. The molecule has 1 atom stereocenters. The van der Waals surface area contributed by atoms with Crippen LogP contribution in [0.1, 0.15) is 24.0 Å². The molecule has 4 nitrogen and oxygen atoms in total. The van der Waals surface area contributed by atoms with Crippen LogP contribution in [0.2, 0.25) is 0 Å². The zero-order valence-corrected chi connectivity index (χ0v) is 11.5. The van der Waals surface area contributed by atoms with Crippen molar-refractivity contribution in [1.82, 2.24) is 10.2 Å². The summed E-state index contributed by atoms with van der Waals surface area (Å²) >= 11 is 0. The Morgan fingerprint density at radius 2 is 2.05 bits per heavy atom. The average Bonchev–Trinajstić information content (AvgIpc) is 2.41. The maximum absolute atomic E-state index is 12.3. The van der Waals surface area contributed by atoms with Gasteiger partial charge in [0.1, 0.15) is 0 Å². The lowest BCUT2D eigenvalue weighted by molar-refractivity contribution is -0.136. The molecule has 102 valence electrons. The zero-order chi connectivity index (χ0) is 13.8. The highest BCUT2D eigenvalue weighted by Crippen LogP contribution is 2.15. The molecule has 2 amide bonds. The van der Waals surface area contributed by atoms with Gasteiger partial charge in [0.2, 0.25) is 11.8 Å². The predicted molar refractivity (Wildman–Crippen MR) is 73.4 cm³/mol. The SMILES string of the molecule is Cc1ccc(CN(C)C(=O)C2CCC(=O)NC2)cc1. The molecular weight excluding hydrogens is 240 g/mol. The molecule has 2 rings (SSSR count). The number of carbonyl (C=O) groups is 2. The predicted octanol–water partition coefficient (Wildman–Crippen LogP) is 1.48. The maximum Gasteiger partial charge on any atom is 0.227 e. The molecule has 1 N–H and O–H groups in total. The first kappa shape index (κ1) is 13.6. The Balaban J connectivity index is 1.92. The summed E-state index contributed by atoms with van der Waals surface area (Å²) in [6.45, 7) is 3.13. The largest absolute Gasteiger partial charge is 0.355 e. The number of benzene rings is 1. The molecule has 0 aromatic heterocycles. The van der Waals surface area contributed by atoms with Crippen molar-refractivity contribution in [2.24, 2.45) is 5.92 Å². The second-order valence-corrected chi connectivity index (χ2v) is 5.22. The number of piperidine rings is 1. The van der Waals surface area contributed by atoms with Crippen LogP contribution in [0.15, 0.2) is 24.3 Å². The molecule has 1 fully saturated rings. The number of rotatable bonds is 3. The highest BCUT2D eigenvalue weighted by Gasteiger charge is 2.26. The van der Waals surface area contributed by atoms with Crippen LogP contribution >= 0.6 is 0 Å². The van der Waals surface area contributed by atoms with Crippen molar-refractivity contribution in [1.29, 1.82) is 0 Å². The van der Waals surface area contributed by atoms with Crippen molar-refractivity contribution >= 4 is 11.8 Å². The molecule has 1 aliphatic heterocycles. The van der Waals surface area contributed by atoms with Crippen LogP contribution in [0.4, 0.5) is 0 Å². The van der Waals surface area contributed by atoms with Crippen molar-refractivity contribution in [2.45, 2.75) is 26.3 Å². The van der Waals surface area contributed by atoms with Gasteiger partial charge in [-0.15, -0.1) is 0 Å². The fraction of sp³-hybridized carbons (Fsp3) is 0.467. The minimum absolute atomic E-state index is 0.0465. The molecule has 1 aliphatic rings. The van der Waals surface area contributed by atoms with Gasteiger partial charge in [0, 0.05) is 26.6 Å². The summed E-state index contributed by atoms with van der Waals surface area (Å²) in [4.78, 5) is 25.1. The summed E-state index contributed by atoms with van der Waals surface area (Å²) in [6.07, 6.45) is 1.11. The van der Waals surface area contributed by atoms with Crippen LogP contribution in [-0.2, 0) is 16.1 Å². The lowest BCUT2D eigenvalue weighted by atomic mass is 9.97. The van der Waals surface area contributed by atoms with Gasteiger partial charge < -0.3 is 10.2 Å². The second-order valence-electron chi connectivity index (χ2n) is 5.22. The van der Waals surface area contributed by atoms with Crippen LogP contribution in [0, 0.1) is 12.8 Å². The van der Waals surface area contributed by atoms with E-state index >= 15 is 0 Å². The number of nitrogens with zero attached hydrogens (tertiary/aromatic N) is 1. The minimum atomic E-state index is -0.0758. The Morgan fingerprint density at radius 3 is 2.63 bits per heavy atom. The fourth-order valence-electron chi connectivity index (χ4n) is 2.30. The monoisotopic (exact) mass is 260 g/mol. The van der Waals surface area contributed by atoms with E-state index in [1.807, 2.05) is 26.1 Å². The number of aryl methyl sites for hydroxylation is 1. The number of nitrogens with one attached hydrogen (secondary N) is 1. The number of amides is 2. The van der Waals surface area contributed by atoms with Crippen LogP contribution in [0.5, 0.6) is 0 Å². The molecule has 1 aromatic rings. The second kappa shape index (κ2) is 5.87. The van der Waals surface area contributed by atoms with E-state index in [9.17, 15) is 9.59 Å². The molecule has 4 heteroatoms. The summed E-state index contributed by atoms with van der Waals surface area (Å²) in [6, 6.07) is 8.19. The smallest absolute Gasteiger partial charge is 0.227 e. The highest BCUT2D eigenvalue weighted by atomic mass is 16.2. The first-order valence-electron chi connectivity index (χ1n) is 6.63. The van der Waals surface area contributed by atoms with Crippen LogP contribution < -0.4 is 5.32 Å². The van der Waals surface area contributed by atoms with E-state index in [1.165, 1.54) is 5.56 Å². The maximum atomic E-state index is 12.3. The molecule has 0 aliphatic carbocycles. The van der Waals surface area contributed by atoms with E-state index in [4.69, 9.17) is 0 Å². The van der Waals surface area contributed by atoms with Crippen molar-refractivity contribution in [3.63, 3.8) is 0 Å². The third-order valence-corrected chi connectivity index (χ3v) is 3.53. The normalized spacial score (nSPS) is 18.8. The van der Waals surface area contributed by atoms with Gasteiger partial charge in [0.25, 0.3) is 0 Å². The standard InChI is InChI=1S/C15H20N2O2/c1-11-3-5-12(6-4-11)10-17(2)15(19)13-7-8-14(18)16-9-13/h3-6,13H,7-10H2,1-2H3,(H,16,18). The van der Waals surface area contributed by atoms with Crippen LogP contribution in [0.25, 0.3) is 0 Å². The van der Waals surface area contributed by atoms with Gasteiger partial charge in [-0.3, -0.25) is 9.59 Å². The van der Waals surface area contributed by atoms with E-state index < -0.39 is 0 Å². The number of carbonyl (C=O) groups excluding carboxylic acids is 2. The molecule has 1 unspecified atom stereocenters. The summed E-state index contributed by atoms with van der Waals surface area (Å²) in [5.41, 5.74) is 2.34. The van der Waals surface area contributed by atoms with Gasteiger partial charge in [-0.25, -0.2) is 0 Å². The first-order valence-corrected chi connectivity index (χ1v) is 6.63. The first-order chi connectivity index (χ1) is 9.06. The average molecular weight is 260 g/mol. The molecule has 0 bridgehead atoms. The Labute approximate surface area is 113 Å². The Morgan fingerprint density at radius 1 is 1.37 bits per heavy atom. The van der Waals surface area contributed by atoms with Crippen molar-refractivity contribution < 1.29 is 9.59 Å². The third-order valence-electron chi connectivity index (χ3n) is 3.53. The van der Waals surface area contributed by atoms with Gasteiger partial charge in [-0.2, -0.15) is 0 Å². The fourth-order valence-corrected chi connectivity index (χ4v) is 2.30. The minimum Gasteiger partial charge on any atom is -0.355 e. The van der Waals surface area contributed by atoms with Crippen molar-refractivity contribution in [3.05, 3.63) is 35.4 Å². The number of hydrogen-bond donors (Lipinski definition) is 1. The van der Waals surface area contributed by atoms with Gasteiger partial charge in [-0.1, -0.05) is 29.8 Å². The highest BCUT2D eigenvalue weighted by molar-refractivity contribution is 5.83. The van der Waals surface area contributed by atoms with E-state index in [0.29, 0.717) is 25.9 Å². The van der Waals surface area contributed by atoms with E-state index in [1.54, 1.807) is 4.90 Å². The van der Waals surface area contributed by atoms with Gasteiger partial charge in [0.05, 0.1) is 5.92 Å². The molecule has 1 saturated heterocycles. The summed E-state index contributed by atoms with van der Waals surface area (Å²) in [5, 5.41) is 2.75. The van der Waals surface area contributed by atoms with Gasteiger partial charge in [0.15, 0.2) is 0 Å². The van der Waals surface area contributed by atoms with Crippen molar-refractivity contribution in [3.8, 4) is 0 Å². The van der Waals surface area contributed by atoms with E-state index in [-0.39, 0.29) is 17.7 Å². The summed E-state index contributed by atoms with van der Waals surface area (Å²) in [5.74, 6) is 0.0824. The molecule has 0 radical (unpaired) electrons. The Hall–Kier alpha value is -1.84. The van der Waals surface area contributed by atoms with E-state index in [2.05, 4.69) is 17.4 Å². The lowest BCUT2D eigenvalue weighted by Gasteiger charge is -2.26. The molecular formula is C15H20N2O2.